The summed E-state index contributed by atoms with van der Waals surface area (Å²) in [6.45, 7) is 0.753. The van der Waals surface area contributed by atoms with Crippen molar-refractivity contribution >= 4 is 17.6 Å². The van der Waals surface area contributed by atoms with Crippen molar-refractivity contribution < 1.29 is 19.1 Å². The van der Waals surface area contributed by atoms with Crippen LogP contribution >= 0.6 is 0 Å². The maximum absolute atomic E-state index is 13.0. The van der Waals surface area contributed by atoms with E-state index in [1.54, 1.807) is 0 Å². The molecule has 3 aliphatic carbocycles. The molecule has 6 fully saturated rings. The number of methoxy groups -OCH3 is 1. The maximum Gasteiger partial charge on any atom is 0.311 e. The first-order valence-corrected chi connectivity index (χ1v) is 10.0. The summed E-state index contributed by atoms with van der Waals surface area (Å²) in [6, 6.07) is 8.57. The number of ether oxygens (including phenoxy) is 2. The summed E-state index contributed by atoms with van der Waals surface area (Å²) in [5.74, 6) is -0.174. The van der Waals surface area contributed by atoms with Crippen molar-refractivity contribution in [2.75, 3.05) is 19.0 Å². The number of epoxide rings is 1. The predicted molar refractivity (Wildman–Crippen MR) is 95.0 cm³/mol. The molecule has 3 spiro atoms. The van der Waals surface area contributed by atoms with Crippen LogP contribution in [0.5, 0.6) is 0 Å². The number of nitrogens with one attached hydrogen (secondary N) is 1. The summed E-state index contributed by atoms with van der Waals surface area (Å²) < 4.78 is 11.3. The number of hydrogen-bond acceptors (Lipinski definition) is 5. The van der Waals surface area contributed by atoms with E-state index in [0.29, 0.717) is 0 Å². The summed E-state index contributed by atoms with van der Waals surface area (Å²) in [6.07, 6.45) is 3.26. The number of esters is 1. The lowest BCUT2D eigenvalue weighted by atomic mass is 9.39. The summed E-state index contributed by atoms with van der Waals surface area (Å²) in [5.41, 5.74) is 1.67. The Bertz CT molecular complexity index is 933. The van der Waals surface area contributed by atoms with E-state index in [2.05, 4.69) is 28.4 Å². The summed E-state index contributed by atoms with van der Waals surface area (Å²) in [5, 5.41) is 3.81. The summed E-state index contributed by atoms with van der Waals surface area (Å²) >= 11 is 0. The standard InChI is InChI=1S/C21H22N2O4/c1-26-17(25)12-10-19-6-7-21(12)20(11-4-2-3-5-13(11)22-21)8-9-23(18(19)20)16(24)14-15(19)27-14/h2-5,12,14-15,18,22H,6-10H2,1H3/t12-,14-,15+,18-,19-,20+,21-/m1/s1. The van der Waals surface area contributed by atoms with Crippen LogP contribution in [0.15, 0.2) is 24.3 Å². The van der Waals surface area contributed by atoms with Gasteiger partial charge in [-0.05, 0) is 37.3 Å². The number of hydrogen-bond donors (Lipinski definition) is 1. The molecule has 2 bridgehead atoms. The molecule has 1 aromatic carbocycles. The van der Waals surface area contributed by atoms with Crippen LogP contribution in [0.4, 0.5) is 5.69 Å². The molecule has 1 aromatic rings. The van der Waals surface area contributed by atoms with Gasteiger partial charge in [-0.25, -0.2) is 0 Å². The van der Waals surface area contributed by atoms with E-state index in [0.717, 1.165) is 37.9 Å². The topological polar surface area (TPSA) is 71.2 Å². The highest BCUT2D eigenvalue weighted by Gasteiger charge is 2.85. The zero-order valence-electron chi connectivity index (χ0n) is 15.2. The van der Waals surface area contributed by atoms with Crippen LogP contribution in [0.3, 0.4) is 0 Å². The Morgan fingerprint density at radius 3 is 3.00 bits per heavy atom. The Morgan fingerprint density at radius 1 is 1.30 bits per heavy atom. The molecule has 3 saturated heterocycles. The average molecular weight is 366 g/mol. The zero-order chi connectivity index (χ0) is 18.2. The third kappa shape index (κ3) is 1.28. The predicted octanol–water partition coefficient (Wildman–Crippen LogP) is 1.44. The Morgan fingerprint density at radius 2 is 2.15 bits per heavy atom. The number of fused-ring (bicyclic) bond motifs is 4. The maximum atomic E-state index is 13.0. The molecule has 7 aliphatic rings. The van der Waals surface area contributed by atoms with Crippen LogP contribution in [0.1, 0.15) is 31.2 Å². The van der Waals surface area contributed by atoms with Crippen LogP contribution < -0.4 is 5.32 Å². The molecule has 6 nitrogen and oxygen atoms in total. The number of rotatable bonds is 1. The molecule has 4 aliphatic heterocycles. The molecular weight excluding hydrogens is 344 g/mol. The molecule has 8 rings (SSSR count). The number of para-hydroxylation sites is 1. The minimum atomic E-state index is -0.368. The van der Waals surface area contributed by atoms with E-state index in [1.807, 2.05) is 6.07 Å². The van der Waals surface area contributed by atoms with Gasteiger partial charge in [-0.15, -0.1) is 0 Å². The van der Waals surface area contributed by atoms with Gasteiger partial charge in [0.05, 0.1) is 24.6 Å². The number of carbonyl (C=O) groups is 2. The van der Waals surface area contributed by atoms with Gasteiger partial charge < -0.3 is 19.7 Å². The molecule has 1 amide bonds. The molecule has 6 heteroatoms. The van der Waals surface area contributed by atoms with Crippen LogP contribution in [0, 0.1) is 11.3 Å². The van der Waals surface area contributed by atoms with Gasteiger partial charge in [0.15, 0.2) is 6.10 Å². The first-order chi connectivity index (χ1) is 13.1. The molecule has 4 heterocycles. The molecule has 7 atom stereocenters. The van der Waals surface area contributed by atoms with Gasteiger partial charge in [-0.1, -0.05) is 18.2 Å². The summed E-state index contributed by atoms with van der Waals surface area (Å²) in [7, 11) is 1.49. The van der Waals surface area contributed by atoms with Gasteiger partial charge in [0.25, 0.3) is 5.91 Å². The van der Waals surface area contributed by atoms with Crippen molar-refractivity contribution in [3.8, 4) is 0 Å². The van der Waals surface area contributed by atoms with Crippen LogP contribution in [0.25, 0.3) is 0 Å². The third-order valence-corrected chi connectivity index (χ3v) is 8.87. The Balaban J connectivity index is 1.54. The largest absolute Gasteiger partial charge is 0.469 e. The lowest BCUT2D eigenvalue weighted by molar-refractivity contribution is -0.173. The van der Waals surface area contributed by atoms with Crippen molar-refractivity contribution in [3.05, 3.63) is 29.8 Å². The molecule has 1 N–H and O–H groups in total. The number of nitrogens with zero attached hydrogens (tertiary/aromatic N) is 1. The number of carbonyl (C=O) groups excluding carboxylic acids is 2. The molecule has 0 radical (unpaired) electrons. The van der Waals surface area contributed by atoms with E-state index in [-0.39, 0.29) is 52.4 Å². The second kappa shape index (κ2) is 4.17. The van der Waals surface area contributed by atoms with E-state index < -0.39 is 0 Å². The van der Waals surface area contributed by atoms with Crippen LogP contribution in [0.2, 0.25) is 0 Å². The average Bonchev–Trinajstić information content (AvgIpc) is 3.32. The number of benzene rings is 1. The second-order valence-electron chi connectivity index (χ2n) is 9.29. The van der Waals surface area contributed by atoms with E-state index in [1.165, 1.54) is 12.7 Å². The first kappa shape index (κ1) is 14.9. The van der Waals surface area contributed by atoms with Gasteiger partial charge >= 0.3 is 5.97 Å². The fourth-order valence-corrected chi connectivity index (χ4v) is 8.12. The number of anilines is 1. The van der Waals surface area contributed by atoms with Gasteiger partial charge in [-0.2, -0.15) is 0 Å². The molecule has 27 heavy (non-hydrogen) atoms. The van der Waals surface area contributed by atoms with E-state index >= 15 is 0 Å². The minimum Gasteiger partial charge on any atom is -0.469 e. The van der Waals surface area contributed by atoms with E-state index in [4.69, 9.17) is 9.47 Å². The quantitative estimate of drug-likeness (QED) is 0.602. The number of piperidine rings is 1. The SMILES string of the molecule is COC(=O)[C@H]1C[C@]23CC[C@@]14Nc1ccccc1[C@]41CCN(C(=O)[C@@H]4O[C@@H]42)[C@H]31. The van der Waals surface area contributed by atoms with Crippen molar-refractivity contribution in [1.82, 2.24) is 4.90 Å². The van der Waals surface area contributed by atoms with Crippen LogP contribution in [-0.4, -0.2) is 54.2 Å². The molecule has 3 saturated carbocycles. The molecule has 0 aromatic heterocycles. The Kier molecular flexibility index (Phi) is 2.30. The van der Waals surface area contributed by atoms with E-state index in [9.17, 15) is 9.59 Å². The lowest BCUT2D eigenvalue weighted by Crippen LogP contribution is -2.78. The fourth-order valence-electron chi connectivity index (χ4n) is 8.12. The third-order valence-electron chi connectivity index (χ3n) is 8.87. The monoisotopic (exact) mass is 366 g/mol. The Hall–Kier alpha value is -2.08. The Labute approximate surface area is 157 Å². The smallest absolute Gasteiger partial charge is 0.311 e. The highest BCUT2D eigenvalue weighted by Crippen LogP contribution is 2.76. The molecule has 140 valence electrons. The normalized spacial score (nSPS) is 49.7. The lowest BCUT2D eigenvalue weighted by Gasteiger charge is -2.67. The highest BCUT2D eigenvalue weighted by atomic mass is 16.6. The highest BCUT2D eigenvalue weighted by molar-refractivity contribution is 5.89. The first-order valence-electron chi connectivity index (χ1n) is 10.0. The number of amides is 1. The van der Waals surface area contributed by atoms with Crippen molar-refractivity contribution in [2.24, 2.45) is 11.3 Å². The minimum absolute atomic E-state index is 0.0283. The van der Waals surface area contributed by atoms with Gasteiger partial charge in [0.2, 0.25) is 0 Å². The zero-order valence-corrected chi connectivity index (χ0v) is 15.2. The van der Waals surface area contributed by atoms with Crippen molar-refractivity contribution in [2.45, 2.75) is 54.9 Å². The van der Waals surface area contributed by atoms with Crippen molar-refractivity contribution in [3.63, 3.8) is 0 Å². The van der Waals surface area contributed by atoms with Gasteiger partial charge in [-0.3, -0.25) is 9.59 Å². The van der Waals surface area contributed by atoms with Crippen LogP contribution in [-0.2, 0) is 24.5 Å². The second-order valence-corrected chi connectivity index (χ2v) is 9.29. The van der Waals surface area contributed by atoms with Gasteiger partial charge in [0.1, 0.15) is 6.10 Å². The molecule has 0 unspecified atom stereocenters. The molecular formula is C21H22N2O4. The van der Waals surface area contributed by atoms with Gasteiger partial charge in [0, 0.05) is 23.1 Å². The van der Waals surface area contributed by atoms with Crippen molar-refractivity contribution in [1.29, 1.82) is 0 Å². The fraction of sp³-hybridized carbons (Fsp3) is 0.619. The summed E-state index contributed by atoms with van der Waals surface area (Å²) in [4.78, 5) is 28.1.